The third-order valence-corrected chi connectivity index (χ3v) is 4.33. The van der Waals surface area contributed by atoms with Crippen LogP contribution < -0.4 is 5.56 Å². The van der Waals surface area contributed by atoms with Gasteiger partial charge in [0.1, 0.15) is 10.7 Å². The van der Waals surface area contributed by atoms with E-state index in [1.54, 1.807) is 6.33 Å². The predicted octanol–water partition coefficient (Wildman–Crippen LogP) is 2.32. The Bertz CT molecular complexity index is 817. The number of hydrogen-bond acceptors (Lipinski definition) is 6. The van der Waals surface area contributed by atoms with Crippen molar-refractivity contribution in [3.8, 4) is 0 Å². The molecule has 20 heavy (non-hydrogen) atoms. The molecule has 0 bridgehead atoms. The van der Waals surface area contributed by atoms with E-state index in [9.17, 15) is 4.79 Å². The van der Waals surface area contributed by atoms with Gasteiger partial charge in [-0.25, -0.2) is 4.98 Å². The molecule has 0 radical (unpaired) electrons. The van der Waals surface area contributed by atoms with Crippen LogP contribution in [-0.4, -0.2) is 19.7 Å². The Balaban J connectivity index is 2.09. The van der Waals surface area contributed by atoms with Gasteiger partial charge in [0.25, 0.3) is 5.56 Å². The lowest BCUT2D eigenvalue weighted by Crippen LogP contribution is -2.24. The van der Waals surface area contributed by atoms with E-state index in [1.807, 2.05) is 26.2 Å². The third-order valence-electron chi connectivity index (χ3n) is 3.26. The molecule has 0 aromatic carbocycles. The summed E-state index contributed by atoms with van der Waals surface area (Å²) in [5.74, 6) is 1.07. The third kappa shape index (κ3) is 1.94. The molecular weight excluding hydrogens is 276 g/mol. The fourth-order valence-corrected chi connectivity index (χ4v) is 2.95. The van der Waals surface area contributed by atoms with Gasteiger partial charge < -0.3 is 4.52 Å². The normalized spacial score (nSPS) is 12.9. The fraction of sp³-hybridized carbons (Fsp3) is 0.385. The average Bonchev–Trinajstić information content (AvgIpc) is 3.06. The van der Waals surface area contributed by atoms with Crippen LogP contribution in [0.25, 0.3) is 10.2 Å². The number of fused-ring (bicyclic) bond motifs is 1. The highest BCUT2D eigenvalue weighted by atomic mass is 32.1. The molecular formula is C13H14N4O2S. The van der Waals surface area contributed by atoms with Gasteiger partial charge in [-0.2, -0.15) is 4.98 Å². The summed E-state index contributed by atoms with van der Waals surface area (Å²) in [5.41, 5.74) is 1.72. The van der Waals surface area contributed by atoms with Crippen LogP contribution in [0.2, 0.25) is 0 Å². The molecule has 0 amide bonds. The molecule has 0 aliphatic carbocycles. The van der Waals surface area contributed by atoms with Crippen LogP contribution in [0.1, 0.15) is 37.2 Å². The summed E-state index contributed by atoms with van der Waals surface area (Å²) < 4.78 is 7.39. The molecule has 0 N–H and O–H groups in total. The highest BCUT2D eigenvalue weighted by molar-refractivity contribution is 7.17. The van der Waals surface area contributed by atoms with E-state index in [0.29, 0.717) is 22.8 Å². The van der Waals surface area contributed by atoms with Gasteiger partial charge >= 0.3 is 0 Å². The minimum absolute atomic E-state index is 0.0724. The Morgan fingerprint density at radius 3 is 3.00 bits per heavy atom. The van der Waals surface area contributed by atoms with Crippen molar-refractivity contribution in [3.05, 3.63) is 39.3 Å². The SMILES string of the molecule is CCc1noc([C@@H](C)n2cnc3c(C)csc3c2=O)n1. The summed E-state index contributed by atoms with van der Waals surface area (Å²) in [6.45, 7) is 5.75. The van der Waals surface area contributed by atoms with Crippen LogP contribution in [0, 0.1) is 6.92 Å². The second-order valence-electron chi connectivity index (χ2n) is 4.63. The standard InChI is InChI=1S/C13H14N4O2S/c1-4-9-15-12(19-16-9)8(3)17-6-14-10-7(2)5-20-11(10)13(17)18/h5-6,8H,4H2,1-3H3/t8-/m1/s1. The van der Waals surface area contributed by atoms with Crippen molar-refractivity contribution in [3.63, 3.8) is 0 Å². The van der Waals surface area contributed by atoms with E-state index in [2.05, 4.69) is 15.1 Å². The van der Waals surface area contributed by atoms with Crippen LogP contribution in [0.3, 0.4) is 0 Å². The minimum Gasteiger partial charge on any atom is -0.337 e. The van der Waals surface area contributed by atoms with Gasteiger partial charge in [-0.3, -0.25) is 9.36 Å². The van der Waals surface area contributed by atoms with Crippen LogP contribution in [0.5, 0.6) is 0 Å². The van der Waals surface area contributed by atoms with E-state index in [-0.39, 0.29) is 11.6 Å². The molecule has 1 atom stereocenters. The Kier molecular flexibility index (Phi) is 3.13. The molecule has 3 rings (SSSR count). The van der Waals surface area contributed by atoms with E-state index in [4.69, 9.17) is 4.52 Å². The molecule has 3 aromatic heterocycles. The summed E-state index contributed by atoms with van der Waals surface area (Å²) in [5, 5.41) is 5.80. The zero-order chi connectivity index (χ0) is 14.3. The monoisotopic (exact) mass is 290 g/mol. The van der Waals surface area contributed by atoms with E-state index >= 15 is 0 Å². The number of nitrogens with zero attached hydrogens (tertiary/aromatic N) is 4. The summed E-state index contributed by atoms with van der Waals surface area (Å²) in [7, 11) is 0. The van der Waals surface area contributed by atoms with Gasteiger partial charge in [-0.1, -0.05) is 12.1 Å². The molecule has 0 saturated heterocycles. The largest absolute Gasteiger partial charge is 0.337 e. The first-order valence-corrected chi connectivity index (χ1v) is 7.27. The van der Waals surface area contributed by atoms with Gasteiger partial charge in [-0.15, -0.1) is 11.3 Å². The lowest BCUT2D eigenvalue weighted by Gasteiger charge is -2.09. The minimum atomic E-state index is -0.324. The quantitative estimate of drug-likeness (QED) is 0.740. The Labute approximate surface area is 119 Å². The molecule has 104 valence electrons. The molecule has 3 aromatic rings. The summed E-state index contributed by atoms with van der Waals surface area (Å²) in [6, 6.07) is -0.324. The molecule has 6 nitrogen and oxygen atoms in total. The van der Waals surface area contributed by atoms with Crippen molar-refractivity contribution < 1.29 is 4.52 Å². The molecule has 0 spiro atoms. The molecule has 0 aliphatic rings. The van der Waals surface area contributed by atoms with Crippen LogP contribution in [-0.2, 0) is 6.42 Å². The van der Waals surface area contributed by atoms with E-state index in [0.717, 1.165) is 11.1 Å². The lowest BCUT2D eigenvalue weighted by atomic mass is 10.3. The van der Waals surface area contributed by atoms with Crippen LogP contribution >= 0.6 is 11.3 Å². The van der Waals surface area contributed by atoms with Crippen molar-refractivity contribution in [2.75, 3.05) is 0 Å². The van der Waals surface area contributed by atoms with Crippen molar-refractivity contribution in [1.82, 2.24) is 19.7 Å². The second-order valence-corrected chi connectivity index (χ2v) is 5.51. The topological polar surface area (TPSA) is 73.8 Å². The van der Waals surface area contributed by atoms with E-state index in [1.165, 1.54) is 15.9 Å². The molecule has 3 heterocycles. The lowest BCUT2D eigenvalue weighted by molar-refractivity contribution is 0.339. The molecule has 0 unspecified atom stereocenters. The Morgan fingerprint density at radius 1 is 1.50 bits per heavy atom. The molecule has 0 saturated carbocycles. The number of thiophene rings is 1. The van der Waals surface area contributed by atoms with Crippen LogP contribution in [0.15, 0.2) is 21.0 Å². The number of hydrogen-bond donors (Lipinski definition) is 0. The first-order valence-electron chi connectivity index (χ1n) is 6.39. The van der Waals surface area contributed by atoms with Crippen molar-refractivity contribution >= 4 is 21.6 Å². The smallest absolute Gasteiger partial charge is 0.272 e. The molecule has 7 heteroatoms. The molecule has 0 fully saturated rings. The van der Waals surface area contributed by atoms with Gasteiger partial charge in [0, 0.05) is 6.42 Å². The van der Waals surface area contributed by atoms with Gasteiger partial charge in [-0.05, 0) is 24.8 Å². The molecule has 0 aliphatic heterocycles. The first kappa shape index (κ1) is 13.0. The number of rotatable bonds is 3. The summed E-state index contributed by atoms with van der Waals surface area (Å²) in [4.78, 5) is 21.1. The highest BCUT2D eigenvalue weighted by Gasteiger charge is 2.19. The fourth-order valence-electron chi connectivity index (χ4n) is 2.02. The Morgan fingerprint density at radius 2 is 2.30 bits per heavy atom. The maximum atomic E-state index is 12.5. The van der Waals surface area contributed by atoms with Crippen molar-refractivity contribution in [2.45, 2.75) is 33.2 Å². The maximum absolute atomic E-state index is 12.5. The van der Waals surface area contributed by atoms with E-state index < -0.39 is 0 Å². The summed E-state index contributed by atoms with van der Waals surface area (Å²) in [6.07, 6.45) is 2.25. The van der Waals surface area contributed by atoms with Gasteiger partial charge in [0.15, 0.2) is 5.82 Å². The number of aryl methyl sites for hydroxylation is 2. The predicted molar refractivity (Wildman–Crippen MR) is 76.1 cm³/mol. The zero-order valence-corrected chi connectivity index (χ0v) is 12.3. The second kappa shape index (κ2) is 4.82. The Hall–Kier alpha value is -2.02. The van der Waals surface area contributed by atoms with Gasteiger partial charge in [0.05, 0.1) is 11.8 Å². The highest BCUT2D eigenvalue weighted by Crippen LogP contribution is 2.21. The first-order chi connectivity index (χ1) is 9.61. The van der Waals surface area contributed by atoms with Crippen LogP contribution in [0.4, 0.5) is 0 Å². The zero-order valence-electron chi connectivity index (χ0n) is 11.5. The van der Waals surface area contributed by atoms with Crippen molar-refractivity contribution in [1.29, 1.82) is 0 Å². The number of aromatic nitrogens is 4. The average molecular weight is 290 g/mol. The van der Waals surface area contributed by atoms with Crippen molar-refractivity contribution in [2.24, 2.45) is 0 Å². The maximum Gasteiger partial charge on any atom is 0.272 e. The van der Waals surface area contributed by atoms with Gasteiger partial charge in [0.2, 0.25) is 5.89 Å². The summed E-state index contributed by atoms with van der Waals surface area (Å²) >= 11 is 1.41.